The molecular weight excluding hydrogens is 482 g/mol. The van der Waals surface area contributed by atoms with Crippen LogP contribution in [0.3, 0.4) is 0 Å². The SMILES string of the molecule is COc1cc(/C=N\NC(=O)CN(c2cccc(C)c2C)S(=O)(=O)c2ccccc2)cc(OC)c1OC. The second-order valence-corrected chi connectivity index (χ2v) is 9.66. The number of sulfonamides is 1. The first-order valence-electron chi connectivity index (χ1n) is 11.0. The quantitative estimate of drug-likeness (QED) is 0.329. The molecule has 3 aromatic rings. The lowest BCUT2D eigenvalue weighted by Gasteiger charge is -2.26. The first-order valence-corrected chi connectivity index (χ1v) is 12.4. The fourth-order valence-electron chi connectivity index (χ4n) is 3.55. The van der Waals surface area contributed by atoms with Crippen LogP contribution in [0.5, 0.6) is 17.2 Å². The second-order valence-electron chi connectivity index (χ2n) is 7.80. The highest BCUT2D eigenvalue weighted by molar-refractivity contribution is 7.92. The summed E-state index contributed by atoms with van der Waals surface area (Å²) in [6.45, 7) is 3.24. The highest BCUT2D eigenvalue weighted by atomic mass is 32.2. The maximum Gasteiger partial charge on any atom is 0.264 e. The number of benzene rings is 3. The number of anilines is 1. The summed E-state index contributed by atoms with van der Waals surface area (Å²) in [5.41, 5.74) is 5.06. The van der Waals surface area contributed by atoms with Crippen molar-refractivity contribution in [3.8, 4) is 17.2 Å². The Morgan fingerprint density at radius 1 is 0.944 bits per heavy atom. The van der Waals surface area contributed by atoms with Crippen LogP contribution in [0, 0.1) is 13.8 Å². The number of nitrogens with one attached hydrogen (secondary N) is 1. The third-order valence-electron chi connectivity index (χ3n) is 5.55. The van der Waals surface area contributed by atoms with Gasteiger partial charge in [0.15, 0.2) is 11.5 Å². The molecule has 0 aliphatic carbocycles. The molecule has 36 heavy (non-hydrogen) atoms. The van der Waals surface area contributed by atoms with Gasteiger partial charge in [0.25, 0.3) is 15.9 Å². The summed E-state index contributed by atoms with van der Waals surface area (Å²) in [5.74, 6) is 0.676. The molecule has 0 saturated heterocycles. The van der Waals surface area contributed by atoms with Gasteiger partial charge in [-0.2, -0.15) is 5.10 Å². The summed E-state index contributed by atoms with van der Waals surface area (Å²) in [5, 5.41) is 3.99. The normalized spacial score (nSPS) is 11.2. The van der Waals surface area contributed by atoms with Gasteiger partial charge in [-0.3, -0.25) is 9.10 Å². The molecule has 0 aromatic heterocycles. The van der Waals surface area contributed by atoms with E-state index in [-0.39, 0.29) is 4.90 Å². The molecule has 0 aliphatic heterocycles. The number of hydrogen-bond acceptors (Lipinski definition) is 7. The molecule has 0 unspecified atom stereocenters. The lowest BCUT2D eigenvalue weighted by molar-refractivity contribution is -0.119. The highest BCUT2D eigenvalue weighted by Gasteiger charge is 2.28. The van der Waals surface area contributed by atoms with Crippen molar-refractivity contribution >= 4 is 27.8 Å². The molecule has 0 radical (unpaired) electrons. The fourth-order valence-corrected chi connectivity index (χ4v) is 5.05. The van der Waals surface area contributed by atoms with E-state index < -0.39 is 22.5 Å². The van der Waals surface area contributed by atoms with Crippen LogP contribution in [0.15, 0.2) is 70.7 Å². The molecular formula is C26H29N3O6S. The Hall–Kier alpha value is -4.05. The maximum atomic E-state index is 13.5. The van der Waals surface area contributed by atoms with Gasteiger partial charge in [0.2, 0.25) is 5.75 Å². The molecule has 0 fully saturated rings. The summed E-state index contributed by atoms with van der Waals surface area (Å²) >= 11 is 0. The van der Waals surface area contributed by atoms with E-state index in [1.165, 1.54) is 39.7 Å². The molecule has 10 heteroatoms. The number of nitrogens with zero attached hydrogens (tertiary/aromatic N) is 2. The van der Waals surface area contributed by atoms with Crippen molar-refractivity contribution in [1.29, 1.82) is 0 Å². The molecule has 0 saturated carbocycles. The van der Waals surface area contributed by atoms with Gasteiger partial charge < -0.3 is 14.2 Å². The van der Waals surface area contributed by atoms with Gasteiger partial charge in [-0.05, 0) is 55.3 Å². The minimum atomic E-state index is -4.02. The Bertz CT molecular complexity index is 1330. The fraction of sp³-hybridized carbons (Fsp3) is 0.231. The average molecular weight is 512 g/mol. The molecule has 0 atom stereocenters. The van der Waals surface area contributed by atoms with Crippen LogP contribution in [0.2, 0.25) is 0 Å². The van der Waals surface area contributed by atoms with E-state index in [0.717, 1.165) is 15.4 Å². The van der Waals surface area contributed by atoms with Crippen molar-refractivity contribution < 1.29 is 27.4 Å². The number of carbonyl (C=O) groups excluding carboxylic acids is 1. The third kappa shape index (κ3) is 5.77. The average Bonchev–Trinajstić information content (AvgIpc) is 2.88. The van der Waals surface area contributed by atoms with Gasteiger partial charge in [0.05, 0.1) is 38.1 Å². The van der Waals surface area contributed by atoms with E-state index in [0.29, 0.717) is 28.5 Å². The van der Waals surface area contributed by atoms with Gasteiger partial charge in [0, 0.05) is 5.56 Å². The molecule has 0 aliphatic rings. The topological polar surface area (TPSA) is 107 Å². The number of methoxy groups -OCH3 is 3. The number of ether oxygens (including phenoxy) is 3. The van der Waals surface area contributed by atoms with Crippen LogP contribution < -0.4 is 23.9 Å². The molecule has 1 amide bonds. The Balaban J connectivity index is 1.87. The molecule has 3 rings (SSSR count). The number of amides is 1. The molecule has 9 nitrogen and oxygen atoms in total. The Morgan fingerprint density at radius 2 is 1.58 bits per heavy atom. The number of carbonyl (C=O) groups is 1. The summed E-state index contributed by atoms with van der Waals surface area (Å²) in [6, 6.07) is 16.6. The van der Waals surface area contributed by atoms with Crippen molar-refractivity contribution in [3.63, 3.8) is 0 Å². The Morgan fingerprint density at radius 3 is 2.17 bits per heavy atom. The lowest BCUT2D eigenvalue weighted by Crippen LogP contribution is -2.40. The molecule has 190 valence electrons. The van der Waals surface area contributed by atoms with E-state index in [4.69, 9.17) is 14.2 Å². The van der Waals surface area contributed by atoms with Crippen LogP contribution in [-0.2, 0) is 14.8 Å². The largest absolute Gasteiger partial charge is 0.493 e. The predicted octanol–water partition coefficient (Wildman–Crippen LogP) is 3.67. The van der Waals surface area contributed by atoms with Gasteiger partial charge in [0.1, 0.15) is 6.54 Å². The van der Waals surface area contributed by atoms with Crippen molar-refractivity contribution in [3.05, 3.63) is 77.4 Å². The lowest BCUT2D eigenvalue weighted by atomic mass is 10.1. The van der Waals surface area contributed by atoms with Gasteiger partial charge in [-0.25, -0.2) is 13.8 Å². The van der Waals surface area contributed by atoms with Crippen LogP contribution in [0.25, 0.3) is 0 Å². The predicted molar refractivity (Wildman–Crippen MR) is 139 cm³/mol. The smallest absolute Gasteiger partial charge is 0.264 e. The molecule has 0 heterocycles. The van der Waals surface area contributed by atoms with Crippen molar-refractivity contribution in [1.82, 2.24) is 5.43 Å². The van der Waals surface area contributed by atoms with Gasteiger partial charge in [-0.1, -0.05) is 30.3 Å². The van der Waals surface area contributed by atoms with E-state index in [2.05, 4.69) is 10.5 Å². The zero-order valence-corrected chi connectivity index (χ0v) is 21.6. The number of aryl methyl sites for hydroxylation is 1. The van der Waals surface area contributed by atoms with Crippen LogP contribution in [0.1, 0.15) is 16.7 Å². The number of rotatable bonds is 10. The molecule has 0 bridgehead atoms. The van der Waals surface area contributed by atoms with E-state index in [1.54, 1.807) is 42.5 Å². The number of hydrogen-bond donors (Lipinski definition) is 1. The summed E-state index contributed by atoms with van der Waals surface area (Å²) in [6.07, 6.45) is 1.40. The third-order valence-corrected chi connectivity index (χ3v) is 7.33. The van der Waals surface area contributed by atoms with Gasteiger partial charge in [-0.15, -0.1) is 0 Å². The number of hydrazone groups is 1. The zero-order chi connectivity index (χ0) is 26.3. The maximum absolute atomic E-state index is 13.5. The minimum Gasteiger partial charge on any atom is -0.493 e. The Labute approximate surface area is 211 Å². The monoisotopic (exact) mass is 511 g/mol. The van der Waals surface area contributed by atoms with E-state index in [1.807, 2.05) is 19.9 Å². The van der Waals surface area contributed by atoms with E-state index in [9.17, 15) is 13.2 Å². The molecule has 0 spiro atoms. The first-order chi connectivity index (χ1) is 17.2. The van der Waals surface area contributed by atoms with Crippen molar-refractivity contribution in [2.24, 2.45) is 5.10 Å². The highest BCUT2D eigenvalue weighted by Crippen LogP contribution is 2.37. The van der Waals surface area contributed by atoms with Crippen molar-refractivity contribution in [2.45, 2.75) is 18.7 Å². The van der Waals surface area contributed by atoms with E-state index >= 15 is 0 Å². The van der Waals surface area contributed by atoms with Crippen LogP contribution in [0.4, 0.5) is 5.69 Å². The van der Waals surface area contributed by atoms with Crippen LogP contribution in [-0.4, -0.2) is 48.4 Å². The second kappa shape index (κ2) is 11.6. The Kier molecular flexibility index (Phi) is 8.55. The summed E-state index contributed by atoms with van der Waals surface area (Å²) in [4.78, 5) is 12.9. The zero-order valence-electron chi connectivity index (χ0n) is 20.8. The minimum absolute atomic E-state index is 0.0830. The van der Waals surface area contributed by atoms with Crippen molar-refractivity contribution in [2.75, 3.05) is 32.2 Å². The first kappa shape index (κ1) is 26.6. The molecule has 1 N–H and O–H groups in total. The standard InChI is InChI=1S/C26H29N3O6S/c1-18-10-9-13-22(19(18)2)29(36(31,32)21-11-7-6-8-12-21)17-25(30)28-27-16-20-14-23(33-3)26(35-5)24(15-20)34-4/h6-16H,17H2,1-5H3,(H,28,30)/b27-16-. The summed E-state index contributed by atoms with van der Waals surface area (Å²) in [7, 11) is 0.472. The van der Waals surface area contributed by atoms with Crippen LogP contribution >= 0.6 is 0 Å². The molecule has 3 aromatic carbocycles. The summed E-state index contributed by atoms with van der Waals surface area (Å²) < 4.78 is 44.0. The van der Waals surface area contributed by atoms with Gasteiger partial charge >= 0.3 is 0 Å².